The molecular weight excluding hydrogens is 450 g/mol. The number of ether oxygens (including phenoxy) is 2. The molecule has 2 N–H and O–H groups in total. The lowest BCUT2D eigenvalue weighted by atomic mass is 9.86. The van der Waals surface area contributed by atoms with Crippen LogP contribution in [0.1, 0.15) is 36.0 Å². The molecule has 9 heteroatoms. The number of fused-ring (bicyclic) bond motifs is 1. The Morgan fingerprint density at radius 1 is 1.16 bits per heavy atom. The SMILES string of the molecule is CCSc1nc2c(c(=O)[nH]1)C(c1ccc(OCc3ccc(Cl)cc3)c(OC)c1)CC(=O)N2. The van der Waals surface area contributed by atoms with Gasteiger partial charge in [0.05, 0.1) is 12.7 Å². The number of carbonyl (C=O) groups is 1. The fourth-order valence-corrected chi connectivity index (χ4v) is 4.32. The first-order valence-corrected chi connectivity index (χ1v) is 11.5. The third kappa shape index (κ3) is 4.76. The van der Waals surface area contributed by atoms with Gasteiger partial charge in [0, 0.05) is 17.4 Å². The number of aromatic amines is 1. The fraction of sp³-hybridized carbons (Fsp3) is 0.261. The lowest BCUT2D eigenvalue weighted by molar-refractivity contribution is -0.116. The average Bonchev–Trinajstić information content (AvgIpc) is 2.78. The number of hydrogen-bond donors (Lipinski definition) is 2. The van der Waals surface area contributed by atoms with Crippen molar-refractivity contribution in [3.8, 4) is 11.5 Å². The number of halogens is 1. The van der Waals surface area contributed by atoms with Gasteiger partial charge in [-0.25, -0.2) is 4.98 Å². The normalized spacial score (nSPS) is 15.1. The maximum Gasteiger partial charge on any atom is 0.257 e. The number of amides is 1. The van der Waals surface area contributed by atoms with Gasteiger partial charge >= 0.3 is 0 Å². The summed E-state index contributed by atoms with van der Waals surface area (Å²) in [5, 5.41) is 3.88. The summed E-state index contributed by atoms with van der Waals surface area (Å²) in [6, 6.07) is 12.8. The van der Waals surface area contributed by atoms with E-state index in [0.717, 1.165) is 16.9 Å². The van der Waals surface area contributed by atoms with Gasteiger partial charge in [-0.1, -0.05) is 48.5 Å². The Morgan fingerprint density at radius 2 is 1.94 bits per heavy atom. The van der Waals surface area contributed by atoms with Crippen LogP contribution in [-0.4, -0.2) is 28.7 Å². The first kappa shape index (κ1) is 22.2. The molecule has 1 aliphatic rings. The number of aromatic nitrogens is 2. The second kappa shape index (κ2) is 9.67. The van der Waals surface area contributed by atoms with E-state index in [2.05, 4.69) is 15.3 Å². The minimum Gasteiger partial charge on any atom is -0.493 e. The molecule has 1 aromatic heterocycles. The number of hydrogen-bond acceptors (Lipinski definition) is 6. The molecule has 7 nitrogen and oxygen atoms in total. The van der Waals surface area contributed by atoms with Gasteiger partial charge in [-0.2, -0.15) is 0 Å². The summed E-state index contributed by atoms with van der Waals surface area (Å²) in [5.74, 6) is 1.53. The second-order valence-electron chi connectivity index (χ2n) is 7.20. The third-order valence-electron chi connectivity index (χ3n) is 5.11. The van der Waals surface area contributed by atoms with Crippen LogP contribution in [0.25, 0.3) is 0 Å². The van der Waals surface area contributed by atoms with Crippen LogP contribution in [0.2, 0.25) is 5.02 Å². The lowest BCUT2D eigenvalue weighted by Crippen LogP contribution is -2.31. The predicted molar refractivity (Wildman–Crippen MR) is 125 cm³/mol. The Labute approximate surface area is 194 Å². The molecule has 1 atom stereocenters. The van der Waals surface area contributed by atoms with Crippen LogP contribution in [0.3, 0.4) is 0 Å². The highest BCUT2D eigenvalue weighted by molar-refractivity contribution is 7.99. The van der Waals surface area contributed by atoms with Crippen molar-refractivity contribution in [1.29, 1.82) is 0 Å². The van der Waals surface area contributed by atoms with E-state index in [-0.39, 0.29) is 17.9 Å². The number of H-pyrrole nitrogens is 1. The van der Waals surface area contributed by atoms with Gasteiger partial charge in [-0.15, -0.1) is 0 Å². The minimum atomic E-state index is -0.435. The van der Waals surface area contributed by atoms with Crippen LogP contribution >= 0.6 is 23.4 Å². The summed E-state index contributed by atoms with van der Waals surface area (Å²) in [7, 11) is 1.55. The zero-order valence-electron chi connectivity index (χ0n) is 17.6. The summed E-state index contributed by atoms with van der Waals surface area (Å²) in [5.41, 5.74) is 1.94. The topological polar surface area (TPSA) is 93.3 Å². The molecule has 0 bridgehead atoms. The van der Waals surface area contributed by atoms with Crippen LogP contribution in [0.5, 0.6) is 11.5 Å². The number of nitrogens with one attached hydrogen (secondary N) is 2. The average molecular weight is 472 g/mol. The first-order valence-electron chi connectivity index (χ1n) is 10.1. The summed E-state index contributed by atoms with van der Waals surface area (Å²) in [6.07, 6.45) is 0.145. The summed E-state index contributed by atoms with van der Waals surface area (Å²) < 4.78 is 11.5. The van der Waals surface area contributed by atoms with Crippen molar-refractivity contribution in [2.75, 3.05) is 18.2 Å². The van der Waals surface area contributed by atoms with Crippen LogP contribution in [0.15, 0.2) is 52.4 Å². The Morgan fingerprint density at radius 3 is 2.66 bits per heavy atom. The van der Waals surface area contributed by atoms with Gasteiger partial charge in [0.1, 0.15) is 12.4 Å². The molecule has 2 aromatic carbocycles. The van der Waals surface area contributed by atoms with E-state index >= 15 is 0 Å². The summed E-state index contributed by atoms with van der Waals surface area (Å²) in [6.45, 7) is 2.32. The van der Waals surface area contributed by atoms with Crippen molar-refractivity contribution in [3.05, 3.63) is 74.5 Å². The van der Waals surface area contributed by atoms with Gasteiger partial charge in [0.2, 0.25) is 5.91 Å². The van der Waals surface area contributed by atoms with Gasteiger partial charge < -0.3 is 19.8 Å². The van der Waals surface area contributed by atoms with E-state index in [0.29, 0.717) is 39.7 Å². The molecule has 0 saturated carbocycles. The molecule has 0 aliphatic carbocycles. The fourth-order valence-electron chi connectivity index (χ4n) is 3.60. The van der Waals surface area contributed by atoms with E-state index < -0.39 is 5.92 Å². The zero-order chi connectivity index (χ0) is 22.7. The van der Waals surface area contributed by atoms with E-state index in [1.54, 1.807) is 19.2 Å². The smallest absolute Gasteiger partial charge is 0.257 e. The molecular formula is C23H22ClN3O4S. The molecule has 2 heterocycles. The van der Waals surface area contributed by atoms with E-state index in [1.165, 1.54) is 11.8 Å². The molecule has 3 aromatic rings. The molecule has 0 radical (unpaired) electrons. The molecule has 0 spiro atoms. The number of carbonyl (C=O) groups excluding carboxylic acids is 1. The molecule has 166 valence electrons. The molecule has 0 fully saturated rings. The maximum atomic E-state index is 12.8. The van der Waals surface area contributed by atoms with E-state index in [9.17, 15) is 9.59 Å². The number of rotatable bonds is 7. The predicted octanol–water partition coefficient (Wildman–Crippen LogP) is 4.60. The molecule has 4 rings (SSSR count). The maximum absolute atomic E-state index is 12.8. The van der Waals surface area contributed by atoms with Crippen LogP contribution < -0.4 is 20.3 Å². The number of anilines is 1. The van der Waals surface area contributed by atoms with E-state index in [1.807, 2.05) is 37.3 Å². The highest BCUT2D eigenvalue weighted by Gasteiger charge is 2.31. The highest BCUT2D eigenvalue weighted by Crippen LogP contribution is 2.38. The lowest BCUT2D eigenvalue weighted by Gasteiger charge is -2.25. The summed E-state index contributed by atoms with van der Waals surface area (Å²) in [4.78, 5) is 32.4. The largest absolute Gasteiger partial charge is 0.493 e. The second-order valence-corrected chi connectivity index (χ2v) is 8.89. The molecule has 0 saturated heterocycles. The number of benzene rings is 2. The Kier molecular flexibility index (Phi) is 6.72. The zero-order valence-corrected chi connectivity index (χ0v) is 19.2. The standard InChI is InChI=1S/C23H22ClN3O4S/c1-3-32-23-26-21-20(22(29)27-23)16(11-19(28)25-21)14-6-9-17(18(10-14)30-2)31-12-13-4-7-15(24)8-5-13/h4-10,16H,3,11-12H2,1-2H3,(H2,25,26,27,28,29). The first-order chi connectivity index (χ1) is 15.5. The Balaban J connectivity index is 1.63. The van der Waals surface area contributed by atoms with Gasteiger partial charge in [-0.05, 0) is 41.1 Å². The van der Waals surface area contributed by atoms with E-state index in [4.69, 9.17) is 21.1 Å². The monoisotopic (exact) mass is 471 g/mol. The summed E-state index contributed by atoms with van der Waals surface area (Å²) >= 11 is 7.34. The highest BCUT2D eigenvalue weighted by atomic mass is 35.5. The van der Waals surface area contributed by atoms with Crippen molar-refractivity contribution < 1.29 is 14.3 Å². The quantitative estimate of drug-likeness (QED) is 0.386. The van der Waals surface area contributed by atoms with Crippen molar-refractivity contribution in [2.24, 2.45) is 0 Å². The van der Waals surface area contributed by atoms with Crippen molar-refractivity contribution in [1.82, 2.24) is 9.97 Å². The van der Waals surface area contributed by atoms with Crippen LogP contribution in [0.4, 0.5) is 5.82 Å². The van der Waals surface area contributed by atoms with Crippen molar-refractivity contribution >= 4 is 35.1 Å². The van der Waals surface area contributed by atoms with Gasteiger partial charge in [0.15, 0.2) is 16.7 Å². The number of nitrogens with zero attached hydrogens (tertiary/aromatic N) is 1. The third-order valence-corrected chi connectivity index (χ3v) is 6.12. The molecule has 1 unspecified atom stereocenters. The molecule has 1 aliphatic heterocycles. The number of thioether (sulfide) groups is 1. The molecule has 32 heavy (non-hydrogen) atoms. The van der Waals surface area contributed by atoms with Crippen molar-refractivity contribution in [2.45, 2.75) is 31.0 Å². The van der Waals surface area contributed by atoms with Gasteiger partial charge in [0.25, 0.3) is 5.56 Å². The van der Waals surface area contributed by atoms with Gasteiger partial charge in [-0.3, -0.25) is 9.59 Å². The molecule has 1 amide bonds. The number of methoxy groups -OCH3 is 1. The Hall–Kier alpha value is -2.97. The van der Waals surface area contributed by atoms with Crippen molar-refractivity contribution in [3.63, 3.8) is 0 Å². The van der Waals surface area contributed by atoms with Crippen LogP contribution in [0, 0.1) is 0 Å². The van der Waals surface area contributed by atoms with Crippen LogP contribution in [-0.2, 0) is 11.4 Å². The minimum absolute atomic E-state index is 0.145. The Bertz CT molecular complexity index is 1200.